The van der Waals surface area contributed by atoms with Crippen molar-refractivity contribution in [2.75, 3.05) is 0 Å². The topological polar surface area (TPSA) is 37.3 Å². The SMILES string of the molecule is O=C(O)c1cc(SCc2ccc(Br)s2)ccc1Br. The van der Waals surface area contributed by atoms with Crippen LogP contribution in [-0.4, -0.2) is 11.1 Å². The summed E-state index contributed by atoms with van der Waals surface area (Å²) in [6, 6.07) is 9.48. The Kier molecular flexibility index (Phi) is 4.89. The lowest BCUT2D eigenvalue weighted by Gasteiger charge is -2.03. The molecular formula is C12H8Br2O2S2. The van der Waals surface area contributed by atoms with Crippen molar-refractivity contribution in [1.29, 1.82) is 0 Å². The van der Waals surface area contributed by atoms with E-state index in [1.54, 1.807) is 35.2 Å². The van der Waals surface area contributed by atoms with Gasteiger partial charge in [-0.1, -0.05) is 0 Å². The van der Waals surface area contributed by atoms with Crippen LogP contribution in [0.15, 0.2) is 43.5 Å². The minimum atomic E-state index is -0.914. The standard InChI is InChI=1S/C12H8Br2O2S2/c13-10-3-1-7(5-9(10)12(15)16)17-6-8-2-4-11(14)18-8/h1-5H,6H2,(H,15,16). The van der Waals surface area contributed by atoms with Crippen molar-refractivity contribution in [1.82, 2.24) is 0 Å². The predicted molar refractivity (Wildman–Crippen MR) is 82.7 cm³/mol. The van der Waals surface area contributed by atoms with Gasteiger partial charge >= 0.3 is 5.97 Å². The molecule has 1 heterocycles. The van der Waals surface area contributed by atoms with Crippen LogP contribution in [0.4, 0.5) is 0 Å². The van der Waals surface area contributed by atoms with E-state index in [1.165, 1.54) is 4.88 Å². The first-order chi connectivity index (χ1) is 8.56. The van der Waals surface area contributed by atoms with Gasteiger partial charge in [-0.2, -0.15) is 0 Å². The normalized spacial score (nSPS) is 10.6. The molecule has 94 valence electrons. The van der Waals surface area contributed by atoms with Gasteiger partial charge in [-0.25, -0.2) is 4.79 Å². The van der Waals surface area contributed by atoms with Gasteiger partial charge in [0.25, 0.3) is 0 Å². The van der Waals surface area contributed by atoms with Gasteiger partial charge in [0.2, 0.25) is 0 Å². The summed E-state index contributed by atoms with van der Waals surface area (Å²) in [5.74, 6) is -0.0695. The molecule has 0 aliphatic rings. The number of benzene rings is 1. The fourth-order valence-electron chi connectivity index (χ4n) is 1.34. The van der Waals surface area contributed by atoms with Crippen LogP contribution < -0.4 is 0 Å². The Bertz CT molecular complexity index is 581. The van der Waals surface area contributed by atoms with Crippen molar-refractivity contribution in [3.8, 4) is 0 Å². The number of rotatable bonds is 4. The fraction of sp³-hybridized carbons (Fsp3) is 0.0833. The highest BCUT2D eigenvalue weighted by Crippen LogP contribution is 2.31. The van der Waals surface area contributed by atoms with Crippen molar-refractivity contribution < 1.29 is 9.90 Å². The number of carbonyl (C=O) groups is 1. The molecule has 2 nitrogen and oxygen atoms in total. The molecule has 6 heteroatoms. The fourth-order valence-corrected chi connectivity index (χ4v) is 4.22. The Hall–Kier alpha value is -0.300. The number of hydrogen-bond acceptors (Lipinski definition) is 3. The Labute approximate surface area is 130 Å². The van der Waals surface area contributed by atoms with Crippen LogP contribution in [-0.2, 0) is 5.75 Å². The summed E-state index contributed by atoms with van der Waals surface area (Å²) in [7, 11) is 0. The van der Waals surface area contributed by atoms with Crippen molar-refractivity contribution >= 4 is 60.9 Å². The zero-order chi connectivity index (χ0) is 13.1. The molecule has 0 radical (unpaired) electrons. The van der Waals surface area contributed by atoms with Crippen LogP contribution in [0.5, 0.6) is 0 Å². The van der Waals surface area contributed by atoms with Gasteiger partial charge in [0, 0.05) is 20.0 Å². The van der Waals surface area contributed by atoms with E-state index in [0.717, 1.165) is 14.4 Å². The smallest absolute Gasteiger partial charge is 0.336 e. The molecule has 0 aliphatic carbocycles. The number of halogens is 2. The molecule has 0 fully saturated rings. The lowest BCUT2D eigenvalue weighted by Crippen LogP contribution is -1.97. The van der Waals surface area contributed by atoms with Crippen LogP contribution in [0.3, 0.4) is 0 Å². The summed E-state index contributed by atoms with van der Waals surface area (Å²) < 4.78 is 1.72. The molecule has 0 amide bonds. The first-order valence-electron chi connectivity index (χ1n) is 4.96. The second kappa shape index (κ2) is 6.23. The van der Waals surface area contributed by atoms with Crippen molar-refractivity contribution in [3.05, 3.63) is 49.0 Å². The number of carboxylic acids is 1. The van der Waals surface area contributed by atoms with Gasteiger partial charge in [0.1, 0.15) is 0 Å². The quantitative estimate of drug-likeness (QED) is 0.702. The molecule has 0 spiro atoms. The molecule has 0 saturated carbocycles. The minimum Gasteiger partial charge on any atom is -0.478 e. The third-order valence-electron chi connectivity index (χ3n) is 2.18. The third kappa shape index (κ3) is 3.60. The molecule has 0 saturated heterocycles. The molecule has 18 heavy (non-hydrogen) atoms. The Morgan fingerprint density at radius 1 is 1.28 bits per heavy atom. The predicted octanol–water partition coefficient (Wildman–Crippen LogP) is 5.26. The summed E-state index contributed by atoms with van der Waals surface area (Å²) in [6.07, 6.45) is 0. The first kappa shape index (κ1) is 14.1. The summed E-state index contributed by atoms with van der Waals surface area (Å²) in [5.41, 5.74) is 0.298. The molecule has 1 N–H and O–H groups in total. The highest BCUT2D eigenvalue weighted by Gasteiger charge is 2.09. The largest absolute Gasteiger partial charge is 0.478 e. The van der Waals surface area contributed by atoms with Gasteiger partial charge < -0.3 is 5.11 Å². The average molecular weight is 408 g/mol. The average Bonchev–Trinajstić information content (AvgIpc) is 2.74. The van der Waals surface area contributed by atoms with E-state index in [-0.39, 0.29) is 0 Å². The van der Waals surface area contributed by atoms with E-state index in [2.05, 4.69) is 37.9 Å². The van der Waals surface area contributed by atoms with Crippen molar-refractivity contribution in [2.45, 2.75) is 10.6 Å². The summed E-state index contributed by atoms with van der Waals surface area (Å²) in [5, 5.41) is 9.04. The highest BCUT2D eigenvalue weighted by molar-refractivity contribution is 9.11. The summed E-state index contributed by atoms with van der Waals surface area (Å²) in [6.45, 7) is 0. The van der Waals surface area contributed by atoms with E-state index in [0.29, 0.717) is 10.0 Å². The maximum absolute atomic E-state index is 11.0. The maximum atomic E-state index is 11.0. The van der Waals surface area contributed by atoms with Gasteiger partial charge in [0.15, 0.2) is 0 Å². The van der Waals surface area contributed by atoms with Gasteiger partial charge in [-0.05, 0) is 62.2 Å². The highest BCUT2D eigenvalue weighted by atomic mass is 79.9. The molecule has 0 atom stereocenters. The lowest BCUT2D eigenvalue weighted by molar-refractivity contribution is 0.0695. The summed E-state index contributed by atoms with van der Waals surface area (Å²) in [4.78, 5) is 13.2. The van der Waals surface area contributed by atoms with E-state index < -0.39 is 5.97 Å². The third-order valence-corrected chi connectivity index (χ3v) is 5.72. The molecule has 0 aliphatic heterocycles. The second-order valence-corrected chi connectivity index (χ2v) is 7.89. The van der Waals surface area contributed by atoms with E-state index in [1.807, 2.05) is 12.1 Å². The summed E-state index contributed by atoms with van der Waals surface area (Å²) >= 11 is 9.98. The van der Waals surface area contributed by atoms with Gasteiger partial charge in [-0.3, -0.25) is 0 Å². The van der Waals surface area contributed by atoms with Crippen LogP contribution >= 0.6 is 55.0 Å². The van der Waals surface area contributed by atoms with E-state index in [9.17, 15) is 4.79 Å². The van der Waals surface area contributed by atoms with Crippen LogP contribution in [0.2, 0.25) is 0 Å². The number of hydrogen-bond donors (Lipinski definition) is 1. The van der Waals surface area contributed by atoms with Gasteiger partial charge in [0.05, 0.1) is 9.35 Å². The molecule has 0 unspecified atom stereocenters. The zero-order valence-electron chi connectivity index (χ0n) is 9.02. The van der Waals surface area contributed by atoms with Crippen LogP contribution in [0, 0.1) is 0 Å². The minimum absolute atomic E-state index is 0.298. The molecule has 2 aromatic rings. The first-order valence-corrected chi connectivity index (χ1v) is 8.35. The maximum Gasteiger partial charge on any atom is 0.336 e. The Morgan fingerprint density at radius 2 is 2.06 bits per heavy atom. The lowest BCUT2D eigenvalue weighted by atomic mass is 10.2. The van der Waals surface area contributed by atoms with Gasteiger partial charge in [-0.15, -0.1) is 23.1 Å². The Balaban J connectivity index is 2.10. The second-order valence-electron chi connectivity index (χ2n) is 3.44. The Morgan fingerprint density at radius 3 is 2.67 bits per heavy atom. The van der Waals surface area contributed by atoms with Crippen molar-refractivity contribution in [2.24, 2.45) is 0 Å². The molecule has 0 bridgehead atoms. The number of carboxylic acid groups (broad SMARTS) is 1. The monoisotopic (exact) mass is 406 g/mol. The zero-order valence-corrected chi connectivity index (χ0v) is 13.8. The molecule has 1 aromatic carbocycles. The number of thioether (sulfide) groups is 1. The molecule has 2 rings (SSSR count). The van der Waals surface area contributed by atoms with Crippen LogP contribution in [0.25, 0.3) is 0 Å². The molecule has 1 aromatic heterocycles. The number of thiophene rings is 1. The van der Waals surface area contributed by atoms with Crippen molar-refractivity contribution in [3.63, 3.8) is 0 Å². The van der Waals surface area contributed by atoms with Crippen LogP contribution in [0.1, 0.15) is 15.2 Å². The van der Waals surface area contributed by atoms with E-state index in [4.69, 9.17) is 5.11 Å². The number of aromatic carboxylic acids is 1. The van der Waals surface area contributed by atoms with E-state index >= 15 is 0 Å². The molecular weight excluding hydrogens is 400 g/mol.